The molecule has 3 aromatic rings. The minimum absolute atomic E-state index is 0.0271. The van der Waals surface area contributed by atoms with E-state index < -0.39 is 5.56 Å². The van der Waals surface area contributed by atoms with E-state index in [1.165, 1.54) is 38.2 Å². The zero-order chi connectivity index (χ0) is 25.1. The van der Waals surface area contributed by atoms with Gasteiger partial charge >= 0.3 is 0 Å². The molecule has 8 heteroatoms. The number of aliphatic hydroxyl groups excluding tert-OH is 1. The Kier molecular flexibility index (Phi) is 7.04. The predicted octanol–water partition coefficient (Wildman–Crippen LogP) is 4.08. The number of nitrogens with zero attached hydrogens (tertiary/aromatic N) is 3. The van der Waals surface area contributed by atoms with Crippen LogP contribution in [0.15, 0.2) is 47.3 Å². The van der Waals surface area contributed by atoms with Gasteiger partial charge in [-0.25, -0.2) is 4.98 Å². The Hall–Kier alpha value is -3.65. The number of amides is 1. The second-order valence-corrected chi connectivity index (χ2v) is 9.56. The zero-order valence-corrected chi connectivity index (χ0v) is 20.6. The van der Waals surface area contributed by atoms with Crippen molar-refractivity contribution in [2.24, 2.45) is 0 Å². The number of hydrogen-bond acceptors (Lipinski definition) is 6. The lowest BCUT2D eigenvalue weighted by Crippen LogP contribution is -2.52. The quantitative estimate of drug-likeness (QED) is 0.525. The number of piperazine rings is 1. The zero-order valence-electron chi connectivity index (χ0n) is 20.6. The third kappa shape index (κ3) is 5.14. The molecule has 1 aliphatic carbocycles. The second-order valence-electron chi connectivity index (χ2n) is 9.56. The maximum absolute atomic E-state index is 13.2. The molecule has 1 saturated carbocycles. The molecule has 2 fully saturated rings. The predicted molar refractivity (Wildman–Crippen MR) is 140 cm³/mol. The fraction of sp³-hybridized carbons (Fsp3) is 0.393. The highest BCUT2D eigenvalue weighted by atomic mass is 16.5. The van der Waals surface area contributed by atoms with Gasteiger partial charge in [0.1, 0.15) is 17.2 Å². The molecule has 188 valence electrons. The summed E-state index contributed by atoms with van der Waals surface area (Å²) < 4.78 is 5.19. The standard InChI is InChI=1S/C28H32N4O4/c1-36-22-9-5-6-19(16-22)26(33)18-25-27(34)30-24-17-20(10-11-23(24)29-25)28(35)32-14-12-31(13-15-32)21-7-3-2-4-8-21/h5-6,9-11,16-18,21,33H,2-4,7-8,12-15H2,1H3,(H,30,34)/b26-18-. The fourth-order valence-electron chi connectivity index (χ4n) is 5.25. The lowest BCUT2D eigenvalue weighted by Gasteiger charge is -2.40. The minimum atomic E-state index is -0.442. The number of aliphatic hydroxyl groups is 1. The molecule has 5 rings (SSSR count). The van der Waals surface area contributed by atoms with Crippen molar-refractivity contribution in [1.82, 2.24) is 19.8 Å². The number of ether oxygens (including phenoxy) is 1. The summed E-state index contributed by atoms with van der Waals surface area (Å²) in [5, 5.41) is 10.5. The van der Waals surface area contributed by atoms with Crippen molar-refractivity contribution in [3.05, 3.63) is 69.6 Å². The third-order valence-corrected chi connectivity index (χ3v) is 7.30. The summed E-state index contributed by atoms with van der Waals surface area (Å²) in [6, 6.07) is 12.8. The lowest BCUT2D eigenvalue weighted by atomic mass is 9.94. The molecule has 2 aromatic carbocycles. The van der Waals surface area contributed by atoms with Gasteiger partial charge in [0.15, 0.2) is 0 Å². The fourth-order valence-corrected chi connectivity index (χ4v) is 5.25. The number of hydrogen-bond donors (Lipinski definition) is 2. The van der Waals surface area contributed by atoms with Crippen molar-refractivity contribution in [1.29, 1.82) is 0 Å². The Morgan fingerprint density at radius 3 is 2.58 bits per heavy atom. The van der Waals surface area contributed by atoms with Crippen LogP contribution >= 0.6 is 0 Å². The highest BCUT2D eigenvalue weighted by Gasteiger charge is 2.27. The summed E-state index contributed by atoms with van der Waals surface area (Å²) >= 11 is 0. The first-order chi connectivity index (χ1) is 17.5. The SMILES string of the molecule is COc1cccc(/C(O)=C/c2nc3ccc(C(=O)N4CCN(C5CCCCC5)CC4)cc3[nH]c2=O)c1. The molecule has 0 bridgehead atoms. The third-order valence-electron chi connectivity index (χ3n) is 7.30. The van der Waals surface area contributed by atoms with Gasteiger partial charge < -0.3 is 19.7 Å². The molecule has 2 heterocycles. The number of H-pyrrole nitrogens is 1. The van der Waals surface area contributed by atoms with Crippen molar-refractivity contribution < 1.29 is 14.6 Å². The van der Waals surface area contributed by atoms with Crippen molar-refractivity contribution in [2.45, 2.75) is 38.1 Å². The molecule has 0 radical (unpaired) electrons. The van der Waals surface area contributed by atoms with Crippen LogP contribution in [0.5, 0.6) is 5.75 Å². The molecule has 2 N–H and O–H groups in total. The Labute approximate surface area is 210 Å². The van der Waals surface area contributed by atoms with Gasteiger partial charge in [-0.2, -0.15) is 0 Å². The van der Waals surface area contributed by atoms with Crippen LogP contribution in [0.2, 0.25) is 0 Å². The number of fused-ring (bicyclic) bond motifs is 1. The smallest absolute Gasteiger partial charge is 0.274 e. The van der Waals surface area contributed by atoms with Crippen LogP contribution in [0.1, 0.15) is 53.7 Å². The molecule has 0 atom stereocenters. The monoisotopic (exact) mass is 488 g/mol. The van der Waals surface area contributed by atoms with Crippen LogP contribution in [-0.4, -0.2) is 70.1 Å². The van der Waals surface area contributed by atoms with Crippen LogP contribution in [0.25, 0.3) is 22.9 Å². The lowest BCUT2D eigenvalue weighted by molar-refractivity contribution is 0.0523. The van der Waals surface area contributed by atoms with Crippen molar-refractivity contribution in [3.8, 4) is 5.75 Å². The average molecular weight is 489 g/mol. The summed E-state index contributed by atoms with van der Waals surface area (Å²) in [4.78, 5) is 37.5. The van der Waals surface area contributed by atoms with E-state index in [4.69, 9.17) is 4.74 Å². The molecule has 1 aromatic heterocycles. The van der Waals surface area contributed by atoms with Crippen LogP contribution in [0.4, 0.5) is 0 Å². The maximum Gasteiger partial charge on any atom is 0.274 e. The van der Waals surface area contributed by atoms with Crippen molar-refractivity contribution in [2.75, 3.05) is 33.3 Å². The van der Waals surface area contributed by atoms with E-state index >= 15 is 0 Å². The van der Waals surface area contributed by atoms with Gasteiger partial charge in [-0.3, -0.25) is 14.5 Å². The molecule has 1 aliphatic heterocycles. The normalized spacial score (nSPS) is 17.9. The molecule has 1 amide bonds. The van der Waals surface area contributed by atoms with Gasteiger partial charge in [0.25, 0.3) is 11.5 Å². The number of aromatic nitrogens is 2. The Morgan fingerprint density at radius 1 is 1.06 bits per heavy atom. The highest BCUT2D eigenvalue weighted by Crippen LogP contribution is 2.24. The summed E-state index contributed by atoms with van der Waals surface area (Å²) in [5.74, 6) is 0.478. The van der Waals surface area contributed by atoms with Crippen molar-refractivity contribution in [3.63, 3.8) is 0 Å². The van der Waals surface area contributed by atoms with Crippen LogP contribution in [0, 0.1) is 0 Å². The van der Waals surface area contributed by atoms with Gasteiger partial charge in [-0.1, -0.05) is 31.4 Å². The Balaban J connectivity index is 1.31. The van der Waals surface area contributed by atoms with E-state index in [0.29, 0.717) is 34.0 Å². The van der Waals surface area contributed by atoms with Crippen LogP contribution in [-0.2, 0) is 0 Å². The Morgan fingerprint density at radius 2 is 1.83 bits per heavy atom. The van der Waals surface area contributed by atoms with Crippen LogP contribution < -0.4 is 10.3 Å². The summed E-state index contributed by atoms with van der Waals surface area (Å²) in [6.45, 7) is 3.26. The number of methoxy groups -OCH3 is 1. The molecular formula is C28H32N4O4. The molecule has 8 nitrogen and oxygen atoms in total. The first kappa shape index (κ1) is 24.1. The van der Waals surface area contributed by atoms with Crippen LogP contribution in [0.3, 0.4) is 0 Å². The van der Waals surface area contributed by atoms with E-state index in [0.717, 1.165) is 26.2 Å². The molecule has 2 aliphatic rings. The number of carbonyl (C=O) groups excluding carboxylic acids is 1. The Bertz CT molecular complexity index is 1330. The van der Waals surface area contributed by atoms with E-state index in [2.05, 4.69) is 14.9 Å². The molecule has 0 spiro atoms. The van der Waals surface area contributed by atoms with Gasteiger partial charge in [0.05, 0.1) is 18.1 Å². The van der Waals surface area contributed by atoms with Crippen molar-refractivity contribution >= 4 is 28.8 Å². The topological polar surface area (TPSA) is 98.8 Å². The number of nitrogens with one attached hydrogen (secondary N) is 1. The summed E-state index contributed by atoms with van der Waals surface area (Å²) in [5.41, 5.74) is 1.72. The molecule has 36 heavy (non-hydrogen) atoms. The average Bonchev–Trinajstić information content (AvgIpc) is 2.93. The second kappa shape index (κ2) is 10.5. The van der Waals surface area contributed by atoms with Gasteiger partial charge in [0, 0.05) is 49.4 Å². The molecule has 1 saturated heterocycles. The largest absolute Gasteiger partial charge is 0.507 e. The number of benzene rings is 2. The number of rotatable bonds is 5. The first-order valence-electron chi connectivity index (χ1n) is 12.6. The maximum atomic E-state index is 13.2. The van der Waals surface area contributed by atoms with E-state index in [1.807, 2.05) is 4.90 Å². The number of aromatic amines is 1. The van der Waals surface area contributed by atoms with E-state index in [1.54, 1.807) is 49.6 Å². The van der Waals surface area contributed by atoms with E-state index in [9.17, 15) is 14.7 Å². The van der Waals surface area contributed by atoms with Gasteiger partial charge in [-0.05, 0) is 43.2 Å². The molecule has 0 unspecified atom stereocenters. The van der Waals surface area contributed by atoms with Gasteiger partial charge in [-0.15, -0.1) is 0 Å². The summed E-state index contributed by atoms with van der Waals surface area (Å²) in [6.07, 6.45) is 7.84. The highest BCUT2D eigenvalue weighted by molar-refractivity contribution is 5.97. The number of carbonyl (C=O) groups is 1. The minimum Gasteiger partial charge on any atom is -0.507 e. The summed E-state index contributed by atoms with van der Waals surface area (Å²) in [7, 11) is 1.55. The first-order valence-corrected chi connectivity index (χ1v) is 12.6. The van der Waals surface area contributed by atoms with Gasteiger partial charge in [0.2, 0.25) is 0 Å². The molecular weight excluding hydrogens is 456 g/mol. The van der Waals surface area contributed by atoms with E-state index in [-0.39, 0.29) is 17.4 Å².